The quantitative estimate of drug-likeness (QED) is 0.662. The molecule has 3 nitrogen and oxygen atoms in total. The third kappa shape index (κ3) is 2.90. The van der Waals surface area contributed by atoms with Crippen LogP contribution in [0.25, 0.3) is 11.0 Å². The van der Waals surface area contributed by atoms with Crippen LogP contribution in [0.5, 0.6) is 5.75 Å². The molecule has 0 N–H and O–H groups in total. The maximum atomic E-state index is 5.90. The third-order valence-electron chi connectivity index (χ3n) is 3.47. The van der Waals surface area contributed by atoms with E-state index in [9.17, 15) is 0 Å². The van der Waals surface area contributed by atoms with E-state index < -0.39 is 0 Å². The zero-order chi connectivity index (χ0) is 14.7. The number of hydrogen-bond acceptors (Lipinski definition) is 3. The minimum atomic E-state index is 0.638. The highest BCUT2D eigenvalue weighted by molar-refractivity contribution is 7.98. The van der Waals surface area contributed by atoms with E-state index in [1.165, 1.54) is 0 Å². The van der Waals surface area contributed by atoms with Gasteiger partial charge in [-0.25, -0.2) is 4.98 Å². The number of fused-ring (bicyclic) bond motifs is 1. The van der Waals surface area contributed by atoms with E-state index in [0.29, 0.717) is 6.61 Å². The fourth-order valence-electron chi connectivity index (χ4n) is 2.39. The lowest BCUT2D eigenvalue weighted by atomic mass is 10.2. The average molecular weight is 298 g/mol. The van der Waals surface area contributed by atoms with Gasteiger partial charge in [0.2, 0.25) is 0 Å². The number of aryl methyl sites for hydroxylation is 1. The van der Waals surface area contributed by atoms with Gasteiger partial charge in [0.15, 0.2) is 5.16 Å². The van der Waals surface area contributed by atoms with Crippen LogP contribution in [0.2, 0.25) is 0 Å². The number of hydrogen-bond donors (Lipinski definition) is 0. The smallest absolute Gasteiger partial charge is 0.168 e. The van der Waals surface area contributed by atoms with Gasteiger partial charge in [-0.1, -0.05) is 42.1 Å². The molecule has 108 valence electrons. The molecule has 2 aromatic carbocycles. The summed E-state index contributed by atoms with van der Waals surface area (Å²) in [6, 6.07) is 16.3. The van der Waals surface area contributed by atoms with Gasteiger partial charge in [0, 0.05) is 0 Å². The van der Waals surface area contributed by atoms with Crippen LogP contribution in [0, 0.1) is 6.92 Å². The van der Waals surface area contributed by atoms with Crippen molar-refractivity contribution in [2.45, 2.75) is 18.6 Å². The van der Waals surface area contributed by atoms with Crippen molar-refractivity contribution in [2.75, 3.05) is 12.9 Å². The zero-order valence-corrected chi connectivity index (χ0v) is 13.1. The maximum Gasteiger partial charge on any atom is 0.168 e. The van der Waals surface area contributed by atoms with Gasteiger partial charge in [0.1, 0.15) is 12.4 Å². The molecule has 0 aliphatic heterocycles. The summed E-state index contributed by atoms with van der Waals surface area (Å²) in [5, 5.41) is 1.03. The Bertz CT molecular complexity index is 751. The summed E-state index contributed by atoms with van der Waals surface area (Å²) in [6.07, 6.45) is 2.06. The Kier molecular flexibility index (Phi) is 4.15. The first-order valence-electron chi connectivity index (χ1n) is 6.97. The highest BCUT2D eigenvalue weighted by Crippen LogP contribution is 2.22. The van der Waals surface area contributed by atoms with Crippen LogP contribution in [0.3, 0.4) is 0 Å². The molecule has 3 aromatic rings. The number of imidazole rings is 1. The predicted molar refractivity (Wildman–Crippen MR) is 88.2 cm³/mol. The summed E-state index contributed by atoms with van der Waals surface area (Å²) >= 11 is 1.67. The van der Waals surface area contributed by atoms with E-state index >= 15 is 0 Å². The summed E-state index contributed by atoms with van der Waals surface area (Å²) in [7, 11) is 0. The largest absolute Gasteiger partial charge is 0.491 e. The number of benzene rings is 2. The summed E-state index contributed by atoms with van der Waals surface area (Å²) in [6.45, 7) is 3.50. The van der Waals surface area contributed by atoms with Crippen LogP contribution in [0.15, 0.2) is 53.7 Å². The van der Waals surface area contributed by atoms with E-state index in [1.54, 1.807) is 11.8 Å². The molecular formula is C17H18N2OS. The number of aromatic nitrogens is 2. The van der Waals surface area contributed by atoms with Gasteiger partial charge in [-0.15, -0.1) is 0 Å². The lowest BCUT2D eigenvalue weighted by molar-refractivity contribution is 0.294. The molecule has 0 unspecified atom stereocenters. The Morgan fingerprint density at radius 2 is 1.86 bits per heavy atom. The number of ether oxygens (including phenoxy) is 1. The summed E-state index contributed by atoms with van der Waals surface area (Å²) in [4.78, 5) is 4.64. The van der Waals surface area contributed by atoms with E-state index in [2.05, 4.69) is 34.9 Å². The SMILES string of the molecule is CSc1nc2ccccc2n1CCOc1ccccc1C. The monoisotopic (exact) mass is 298 g/mol. The summed E-state index contributed by atoms with van der Waals surface area (Å²) in [5.74, 6) is 0.952. The second kappa shape index (κ2) is 6.22. The van der Waals surface area contributed by atoms with Crippen molar-refractivity contribution in [1.82, 2.24) is 9.55 Å². The fraction of sp³-hybridized carbons (Fsp3) is 0.235. The molecule has 0 atom stereocenters. The van der Waals surface area contributed by atoms with Crippen LogP contribution < -0.4 is 4.74 Å². The molecule has 0 bridgehead atoms. The minimum absolute atomic E-state index is 0.638. The van der Waals surface area contributed by atoms with E-state index in [-0.39, 0.29) is 0 Å². The molecule has 0 saturated heterocycles. The van der Waals surface area contributed by atoms with Gasteiger partial charge in [0.05, 0.1) is 17.6 Å². The van der Waals surface area contributed by atoms with Crippen molar-refractivity contribution >= 4 is 22.8 Å². The lowest BCUT2D eigenvalue weighted by Crippen LogP contribution is -2.09. The van der Waals surface area contributed by atoms with Gasteiger partial charge in [-0.2, -0.15) is 0 Å². The minimum Gasteiger partial charge on any atom is -0.491 e. The van der Waals surface area contributed by atoms with Crippen LogP contribution in [0.1, 0.15) is 5.56 Å². The number of rotatable bonds is 5. The zero-order valence-electron chi connectivity index (χ0n) is 12.2. The molecule has 0 fully saturated rings. The predicted octanol–water partition coefficient (Wildman–Crippen LogP) is 4.15. The molecule has 0 saturated carbocycles. The molecule has 4 heteroatoms. The Morgan fingerprint density at radius 3 is 2.67 bits per heavy atom. The van der Waals surface area contributed by atoms with Crippen LogP contribution in [-0.2, 0) is 6.54 Å². The molecule has 0 aliphatic carbocycles. The van der Waals surface area contributed by atoms with Crippen molar-refractivity contribution in [3.05, 3.63) is 54.1 Å². The Labute approximate surface area is 129 Å². The summed E-state index contributed by atoms with van der Waals surface area (Å²) in [5.41, 5.74) is 3.37. The molecule has 1 heterocycles. The van der Waals surface area contributed by atoms with Gasteiger partial charge in [-0.3, -0.25) is 0 Å². The van der Waals surface area contributed by atoms with Crippen LogP contribution >= 0.6 is 11.8 Å². The third-order valence-corrected chi connectivity index (χ3v) is 4.14. The lowest BCUT2D eigenvalue weighted by Gasteiger charge is -2.11. The van der Waals surface area contributed by atoms with Gasteiger partial charge in [0.25, 0.3) is 0 Å². The highest BCUT2D eigenvalue weighted by atomic mass is 32.2. The van der Waals surface area contributed by atoms with E-state index in [0.717, 1.165) is 34.0 Å². The van der Waals surface area contributed by atoms with Crippen molar-refractivity contribution in [1.29, 1.82) is 0 Å². The normalized spacial score (nSPS) is 11.0. The molecule has 0 aliphatic rings. The second-order valence-corrected chi connectivity index (χ2v) is 5.63. The first kappa shape index (κ1) is 14.0. The van der Waals surface area contributed by atoms with Gasteiger partial charge in [-0.05, 0) is 36.9 Å². The molecular weight excluding hydrogens is 280 g/mol. The number of nitrogens with zero attached hydrogens (tertiary/aromatic N) is 2. The molecule has 1 aromatic heterocycles. The Hall–Kier alpha value is -1.94. The van der Waals surface area contributed by atoms with Crippen LogP contribution in [0.4, 0.5) is 0 Å². The van der Waals surface area contributed by atoms with Crippen LogP contribution in [-0.4, -0.2) is 22.4 Å². The first-order valence-corrected chi connectivity index (χ1v) is 8.20. The molecule has 3 rings (SSSR count). The van der Waals surface area contributed by atoms with Gasteiger partial charge >= 0.3 is 0 Å². The average Bonchev–Trinajstić information content (AvgIpc) is 2.87. The van der Waals surface area contributed by atoms with Crippen molar-refractivity contribution in [2.24, 2.45) is 0 Å². The van der Waals surface area contributed by atoms with Crippen molar-refractivity contribution in [3.63, 3.8) is 0 Å². The van der Waals surface area contributed by atoms with Crippen molar-refractivity contribution < 1.29 is 4.74 Å². The fourth-order valence-corrected chi connectivity index (χ4v) is 2.99. The summed E-state index contributed by atoms with van der Waals surface area (Å²) < 4.78 is 8.12. The van der Waals surface area contributed by atoms with Crippen molar-refractivity contribution in [3.8, 4) is 5.75 Å². The standard InChI is InChI=1S/C17H18N2OS/c1-13-7-3-6-10-16(13)20-12-11-19-15-9-5-4-8-14(15)18-17(19)21-2/h3-10H,11-12H2,1-2H3. The Morgan fingerprint density at radius 1 is 1.10 bits per heavy atom. The topological polar surface area (TPSA) is 27.1 Å². The molecule has 0 amide bonds. The highest BCUT2D eigenvalue weighted by Gasteiger charge is 2.09. The number of thioether (sulfide) groups is 1. The molecule has 21 heavy (non-hydrogen) atoms. The first-order chi connectivity index (χ1) is 10.3. The van der Waals surface area contributed by atoms with Gasteiger partial charge < -0.3 is 9.30 Å². The van der Waals surface area contributed by atoms with E-state index in [1.807, 2.05) is 36.4 Å². The maximum absolute atomic E-state index is 5.90. The van der Waals surface area contributed by atoms with E-state index in [4.69, 9.17) is 4.74 Å². The number of para-hydroxylation sites is 3. The molecule has 0 radical (unpaired) electrons. The Balaban J connectivity index is 1.77. The molecule has 0 spiro atoms. The second-order valence-electron chi connectivity index (χ2n) is 4.85.